The number of thioether (sulfide) groups is 1. The van der Waals surface area contributed by atoms with Crippen molar-refractivity contribution in [3.05, 3.63) is 0 Å². The Kier molecular flexibility index (Phi) is 47.8. The summed E-state index contributed by atoms with van der Waals surface area (Å²) in [5.41, 5.74) is 26.9. The van der Waals surface area contributed by atoms with Gasteiger partial charge in [0.05, 0.1) is 50.2 Å². The number of carboxylic acids is 1. The largest absolute Gasteiger partial charge is 0.480 e. The van der Waals surface area contributed by atoms with Crippen molar-refractivity contribution in [2.75, 3.05) is 64.7 Å². The number of aliphatic hydroxyl groups excluding tert-OH is 4. The lowest BCUT2D eigenvalue weighted by Gasteiger charge is -2.43. The van der Waals surface area contributed by atoms with Crippen LogP contribution in [0.2, 0.25) is 0 Å². The number of nitrogens with zero attached hydrogens (tertiary/aromatic N) is 3. The summed E-state index contributed by atoms with van der Waals surface area (Å²) in [5.74, 6) is -14.1. The van der Waals surface area contributed by atoms with E-state index in [9.17, 15) is 92.7 Å². The molecule has 0 spiro atoms. The second kappa shape index (κ2) is 53.3. The molecule has 32 N–H and O–H groups in total. The third kappa shape index (κ3) is 35.2. The van der Waals surface area contributed by atoms with E-state index in [1.54, 1.807) is 74.1 Å². The average molecular weight is 1650 g/mol. The molecule has 2 heterocycles. The number of unbranched alkanes of at least 4 members (excludes halogenated alkanes) is 5. The summed E-state index contributed by atoms with van der Waals surface area (Å²) in [7, 11) is 0. The molecule has 2 saturated heterocycles. The molecule has 39 nitrogen and oxygen atoms in total. The Labute approximate surface area is 673 Å². The zero-order chi connectivity index (χ0) is 86.2. The smallest absolute Gasteiger partial charge is 0.327 e. The molecule has 0 radical (unpaired) electrons. The summed E-state index contributed by atoms with van der Waals surface area (Å²) in [4.78, 5) is 202. The maximum absolute atomic E-state index is 14.8. The molecule has 2 rings (SSSR count). The zero-order valence-corrected chi connectivity index (χ0v) is 69.7. The van der Waals surface area contributed by atoms with Gasteiger partial charge in [-0.2, -0.15) is 0 Å². The Morgan fingerprint density at radius 3 is 1.10 bits per heavy atom. The summed E-state index contributed by atoms with van der Waals surface area (Å²) >= 11 is 0.853. The number of likely N-dealkylation sites (tertiary alicyclic amines) is 2. The highest BCUT2D eigenvalue weighted by Crippen LogP contribution is 2.27. The third-order valence-electron chi connectivity index (χ3n) is 20.0. The Balaban J connectivity index is 2.44. The SMILES string of the molecule is CC(=O)NC(C(=O)NC(C(=O)NC(C(=O)NC(CCCC[NH3+])C(=O)NC(CCCC[NH3+])C(=O)NC(CCCC[NH3+])C(=O)NC(CCCN=C(N)N)C(=O)NC(CCCC[NH3+])C(=O)NC(C(=O)NC(C(=O)NC(CSC1CC(=O)N(CCCCN2C[C@H](O)[C@@H](O)[C@H](O)[C@H]2CO)C1=O)C(=O)O)C(C)C)C(C)C)C(C)C)C(C)C)C(C)C. The van der Waals surface area contributed by atoms with Gasteiger partial charge >= 0.3 is 5.97 Å². The van der Waals surface area contributed by atoms with Crippen LogP contribution in [0.4, 0.5) is 0 Å². The van der Waals surface area contributed by atoms with E-state index in [1.165, 1.54) is 6.92 Å². The number of aliphatic hydroxyl groups is 4. The molecule has 16 atom stereocenters. The molecule has 0 aromatic rings. The monoisotopic (exact) mass is 1650 g/mol. The number of aliphatic carboxylic acids is 1. The summed E-state index contributed by atoms with van der Waals surface area (Å²) in [6.45, 7) is 19.6. The predicted octanol–water partition coefficient (Wildman–Crippen LogP) is -8.19. The van der Waals surface area contributed by atoms with Crippen LogP contribution in [0.3, 0.4) is 0 Å². The second-order valence-electron chi connectivity index (χ2n) is 31.3. The van der Waals surface area contributed by atoms with E-state index >= 15 is 0 Å². The van der Waals surface area contributed by atoms with Gasteiger partial charge in [0.15, 0.2) is 5.96 Å². The van der Waals surface area contributed by atoms with Gasteiger partial charge in [-0.05, 0) is 139 Å². The van der Waals surface area contributed by atoms with Gasteiger partial charge in [0, 0.05) is 38.7 Å². The zero-order valence-electron chi connectivity index (χ0n) is 68.9. The summed E-state index contributed by atoms with van der Waals surface area (Å²) in [5, 5.41) is 79.6. The second-order valence-corrected chi connectivity index (χ2v) is 32.5. The molecular formula is C74H140N20O19S+4. The number of carbonyl (C=O) groups excluding carboxylic acids is 13. The van der Waals surface area contributed by atoms with E-state index in [2.05, 4.69) is 86.4 Å². The standard InChI is InChI=1S/C74H136N20O19S/c1-39(2)55(82-44(11)96)69(108)92-59(43(9)10)71(110)90-56(40(3)4)67(106)87-47(25-14-18-30-77)64(103)84-45(23-12-16-28-75)62(101)83-46(24-13-17-29-76)63(102)86-49(27-22-32-81-74(79)80)65(104)85-48(26-15-19-31-78)66(105)89-58(42(7)8)70(109)91-57(41(5)6)68(107)88-50(73(112)113)38-114-53-35-54(98)94(72(53)111)34-21-20-33-93-36-52(97)61(100)60(99)51(93)37-95/h39-43,45-53,55-61,95,97,99-100H,12-38,75-78H2,1-11H3,(H,82,96)(H,83,101)(H,84,103)(H,85,104)(H,86,102)(H,87,106)(H,88,107)(H,89,105)(H,90,110)(H,91,109)(H,92,108)(H,112,113)(H4,79,80,81)/p+4/t45?,46?,47?,48?,49?,50?,51-,52+,53?,55?,56?,57?,58?,59?,60-,61-/m1/s1. The lowest BCUT2D eigenvalue weighted by Crippen LogP contribution is -2.62. The highest BCUT2D eigenvalue weighted by molar-refractivity contribution is 8.00. The van der Waals surface area contributed by atoms with Crippen LogP contribution in [0.15, 0.2) is 4.99 Å². The average Bonchev–Trinajstić information content (AvgIpc) is 1.24. The Morgan fingerprint density at radius 1 is 0.447 bits per heavy atom. The normalized spacial score (nSPS) is 19.4. The number of piperidine rings is 1. The molecule has 0 aliphatic carbocycles. The van der Waals surface area contributed by atoms with E-state index in [0.717, 1.165) is 16.7 Å². The highest BCUT2D eigenvalue weighted by Gasteiger charge is 2.44. The van der Waals surface area contributed by atoms with Gasteiger partial charge < -0.3 is 118 Å². The van der Waals surface area contributed by atoms with E-state index in [-0.39, 0.29) is 88.8 Å². The highest BCUT2D eigenvalue weighted by atomic mass is 32.2. The number of nitrogens with two attached hydrogens (primary N) is 2. The lowest BCUT2D eigenvalue weighted by atomic mass is 9.94. The van der Waals surface area contributed by atoms with Crippen LogP contribution in [0.25, 0.3) is 0 Å². The molecule has 2 fully saturated rings. The van der Waals surface area contributed by atoms with Crippen molar-refractivity contribution >= 4 is 100 Å². The van der Waals surface area contributed by atoms with Gasteiger partial charge in [0.1, 0.15) is 78.7 Å². The number of carbonyl (C=O) groups is 14. The van der Waals surface area contributed by atoms with Crippen molar-refractivity contribution in [3.63, 3.8) is 0 Å². The maximum Gasteiger partial charge on any atom is 0.327 e. The van der Waals surface area contributed by atoms with Crippen molar-refractivity contribution in [1.29, 1.82) is 0 Å². The molecule has 40 heteroatoms. The molecule has 0 aromatic carbocycles. The number of β-amino-alcohol motifs (C(OH)–C–C–N with tert-alkyl or cyclic N) is 1. The first-order valence-electron chi connectivity index (χ1n) is 40.3. The Hall–Kier alpha value is -7.96. The number of aliphatic imine (C=N–C) groups is 1. The molecule has 652 valence electrons. The van der Waals surface area contributed by atoms with Gasteiger partial charge in [-0.25, -0.2) is 4.79 Å². The molecule has 12 unspecified atom stereocenters. The van der Waals surface area contributed by atoms with Gasteiger partial charge in [0.2, 0.25) is 76.8 Å². The molecule has 13 amide bonds. The molecule has 0 aromatic heterocycles. The van der Waals surface area contributed by atoms with Crippen molar-refractivity contribution < 1.29 is 116 Å². The van der Waals surface area contributed by atoms with E-state index in [1.807, 2.05) is 0 Å². The number of imide groups is 1. The maximum atomic E-state index is 14.8. The molecule has 114 heavy (non-hydrogen) atoms. The van der Waals surface area contributed by atoms with Crippen LogP contribution in [0.1, 0.15) is 185 Å². The van der Waals surface area contributed by atoms with Crippen LogP contribution in [-0.2, 0) is 67.1 Å². The first-order chi connectivity index (χ1) is 53.7. The minimum Gasteiger partial charge on any atom is -0.480 e. The first kappa shape index (κ1) is 102. The molecule has 0 bridgehead atoms. The van der Waals surface area contributed by atoms with Crippen LogP contribution in [0.5, 0.6) is 0 Å². The van der Waals surface area contributed by atoms with Crippen LogP contribution < -0.4 is 92.9 Å². The number of carboxylic acid groups (broad SMARTS) is 1. The predicted molar refractivity (Wildman–Crippen MR) is 422 cm³/mol. The number of hydrogen-bond donors (Lipinski definition) is 22. The quantitative estimate of drug-likeness (QED) is 0.0116. The van der Waals surface area contributed by atoms with Crippen LogP contribution in [-0.4, -0.2) is 285 Å². The summed E-state index contributed by atoms with van der Waals surface area (Å²) in [6.07, 6.45) is 0.192. The fourth-order valence-corrected chi connectivity index (χ4v) is 14.2. The third-order valence-corrected chi connectivity index (χ3v) is 21.2. The summed E-state index contributed by atoms with van der Waals surface area (Å²) < 4.78 is 0. The Bertz CT molecular complexity index is 3130. The molecule has 2 aliphatic rings. The minimum atomic E-state index is -1.61. The fourth-order valence-electron chi connectivity index (χ4n) is 13.1. The fraction of sp³-hybridized carbons (Fsp3) is 0.797. The van der Waals surface area contributed by atoms with Crippen LogP contribution in [0, 0.1) is 29.6 Å². The number of quaternary nitrogens is 4. The minimum absolute atomic E-state index is 0.00242. The molecule has 0 saturated carbocycles. The van der Waals surface area contributed by atoms with Gasteiger partial charge in [-0.1, -0.05) is 69.2 Å². The van der Waals surface area contributed by atoms with E-state index < -0.39 is 209 Å². The Morgan fingerprint density at radius 2 is 0.763 bits per heavy atom. The van der Waals surface area contributed by atoms with Gasteiger partial charge in [-0.3, -0.25) is 77.1 Å². The van der Waals surface area contributed by atoms with Gasteiger partial charge in [0.25, 0.3) is 0 Å². The first-order valence-corrected chi connectivity index (χ1v) is 41.4. The number of guanidine groups is 1. The van der Waals surface area contributed by atoms with E-state index in [0.29, 0.717) is 90.4 Å². The number of hydrogen-bond acceptors (Lipinski definition) is 21. The van der Waals surface area contributed by atoms with Crippen LogP contribution >= 0.6 is 11.8 Å². The van der Waals surface area contributed by atoms with Gasteiger partial charge in [-0.15, -0.1) is 11.8 Å². The topological polar surface area (TPSA) is 654 Å². The molecular weight excluding hydrogens is 1510 g/mol. The van der Waals surface area contributed by atoms with E-state index in [4.69, 9.17) is 11.5 Å². The number of nitrogens with one attached hydrogen (secondary N) is 11. The lowest BCUT2D eigenvalue weighted by molar-refractivity contribution is -0.369. The van der Waals surface area contributed by atoms with Crippen molar-refractivity contribution in [2.24, 2.45) is 46.0 Å². The number of amides is 13. The van der Waals surface area contributed by atoms with Crippen molar-refractivity contribution in [3.8, 4) is 0 Å². The van der Waals surface area contributed by atoms with Crippen molar-refractivity contribution in [1.82, 2.24) is 68.3 Å². The molecule has 2 aliphatic heterocycles. The van der Waals surface area contributed by atoms with Crippen molar-refractivity contribution in [2.45, 2.75) is 281 Å². The number of rotatable bonds is 56. The summed E-state index contributed by atoms with van der Waals surface area (Å²) in [6, 6.07) is -15.2.